The summed E-state index contributed by atoms with van der Waals surface area (Å²) < 4.78 is 62.8. The number of nitrogens with one attached hydrogen (secondary N) is 1. The van der Waals surface area contributed by atoms with Crippen molar-refractivity contribution in [3.05, 3.63) is 47.5 Å². The Morgan fingerprint density at radius 1 is 0.943 bits per heavy atom. The highest BCUT2D eigenvalue weighted by atomic mass is 28.4. The van der Waals surface area contributed by atoms with Gasteiger partial charge in [0.05, 0.1) is 18.1 Å². The Balaban J connectivity index is 0.000000790. The summed E-state index contributed by atoms with van der Waals surface area (Å²) in [5.41, 5.74) is -2.80. The van der Waals surface area contributed by atoms with Crippen LogP contribution in [0.25, 0.3) is 0 Å². The average Bonchev–Trinajstić information content (AvgIpc) is 3.82. The van der Waals surface area contributed by atoms with Crippen molar-refractivity contribution in [1.29, 1.82) is 0 Å². The second kappa shape index (κ2) is 17.9. The molecule has 2 saturated carbocycles. The predicted octanol–water partition coefficient (Wildman–Crippen LogP) is 10.6. The fourth-order valence-corrected chi connectivity index (χ4v) is 5.93. The van der Waals surface area contributed by atoms with E-state index in [-0.39, 0.29) is 51.8 Å². The molecule has 53 heavy (non-hydrogen) atoms. The number of ether oxygens (including phenoxy) is 3. The van der Waals surface area contributed by atoms with E-state index < -0.39 is 49.2 Å². The zero-order chi connectivity index (χ0) is 39.4. The van der Waals surface area contributed by atoms with Gasteiger partial charge >= 0.3 is 18.4 Å². The molecule has 306 valence electrons. The number of aromatic amines is 1. The van der Waals surface area contributed by atoms with Gasteiger partial charge in [0.2, 0.25) is 5.88 Å². The van der Waals surface area contributed by atoms with E-state index in [1.54, 1.807) is 41.5 Å². The minimum Gasteiger partial charge on any atom is -0.476 e. The highest BCUT2D eigenvalue weighted by Crippen LogP contribution is 2.62. The van der Waals surface area contributed by atoms with Crippen LogP contribution in [-0.4, -0.2) is 70.2 Å². The minimum absolute atomic E-state index is 0. The first-order valence-corrected chi connectivity index (χ1v) is 20.2. The number of hydrogen-bond acceptors (Lipinski definition) is 8. The zero-order valence-electron chi connectivity index (χ0n) is 32.6. The van der Waals surface area contributed by atoms with Gasteiger partial charge in [0.1, 0.15) is 11.2 Å². The highest BCUT2D eigenvalue weighted by Gasteiger charge is 2.66. The number of H-pyrrole nitrogens is 1. The van der Waals surface area contributed by atoms with E-state index in [0.717, 1.165) is 9.36 Å². The van der Waals surface area contributed by atoms with Gasteiger partial charge in [-0.3, -0.25) is 9.89 Å². The van der Waals surface area contributed by atoms with E-state index >= 15 is 0 Å². The Kier molecular flexibility index (Phi) is 16.7. The maximum Gasteiger partial charge on any atom is 0.435 e. The number of alkyl halides is 3. The highest BCUT2D eigenvalue weighted by molar-refractivity contribution is 6.74. The fraction of sp³-hybridized carbons (Fsp3) is 0.737. The third-order valence-corrected chi connectivity index (χ3v) is 13.7. The van der Waals surface area contributed by atoms with E-state index in [1.165, 1.54) is 44.3 Å². The van der Waals surface area contributed by atoms with Crippen LogP contribution in [0, 0.1) is 16.7 Å². The fourth-order valence-electron chi connectivity index (χ4n) is 4.56. The topological polar surface area (TPSA) is 127 Å². The minimum atomic E-state index is -4.22. The Morgan fingerprint density at radius 2 is 1.45 bits per heavy atom. The molecule has 1 N–H and O–H groups in total. The van der Waals surface area contributed by atoms with Crippen LogP contribution in [0.2, 0.25) is 18.1 Å². The van der Waals surface area contributed by atoms with E-state index in [9.17, 15) is 27.6 Å². The van der Waals surface area contributed by atoms with E-state index in [0.29, 0.717) is 10.5 Å². The van der Waals surface area contributed by atoms with Crippen molar-refractivity contribution < 1.29 is 41.4 Å². The molecule has 2 aromatic heterocycles. The lowest BCUT2D eigenvalue weighted by Crippen LogP contribution is -2.45. The van der Waals surface area contributed by atoms with Crippen molar-refractivity contribution in [2.75, 3.05) is 6.61 Å². The van der Waals surface area contributed by atoms with Crippen LogP contribution in [0.1, 0.15) is 117 Å². The number of rotatable bonds is 8. The van der Waals surface area contributed by atoms with Crippen molar-refractivity contribution in [1.82, 2.24) is 19.6 Å². The molecule has 15 heteroatoms. The molecule has 0 aliphatic heterocycles. The molecule has 2 aromatic rings. The Bertz CT molecular complexity index is 1530. The molecule has 0 spiro atoms. The Hall–Kier alpha value is -3.33. The summed E-state index contributed by atoms with van der Waals surface area (Å²) in [6.45, 7) is 29.6. The van der Waals surface area contributed by atoms with Gasteiger partial charge in [-0.25, -0.2) is 9.59 Å². The van der Waals surface area contributed by atoms with Crippen LogP contribution in [0.5, 0.6) is 5.88 Å². The predicted molar refractivity (Wildman–Crippen MR) is 206 cm³/mol. The number of aromatic nitrogens is 4. The molecular formula is C38H67F3N4O7Si. The van der Waals surface area contributed by atoms with Crippen LogP contribution in [0.4, 0.5) is 22.8 Å². The third kappa shape index (κ3) is 14.8. The summed E-state index contributed by atoms with van der Waals surface area (Å²) in [7, 11) is -1.63. The summed E-state index contributed by atoms with van der Waals surface area (Å²) in [5, 5.41) is 6.45. The third-order valence-electron chi connectivity index (χ3n) is 9.29. The van der Waals surface area contributed by atoms with Crippen LogP contribution >= 0.6 is 0 Å². The number of hydrogen-bond donors (Lipinski definition) is 1. The number of halogens is 3. The van der Waals surface area contributed by atoms with Crippen molar-refractivity contribution in [2.24, 2.45) is 16.7 Å². The normalized spacial score (nSPS) is 17.1. The van der Waals surface area contributed by atoms with Crippen LogP contribution < -0.4 is 10.3 Å². The molecule has 4 rings (SSSR count). The molecule has 0 aromatic carbocycles. The van der Waals surface area contributed by atoms with Gasteiger partial charge in [0.15, 0.2) is 8.32 Å². The van der Waals surface area contributed by atoms with E-state index in [4.69, 9.17) is 18.6 Å². The quantitative estimate of drug-likeness (QED) is 0.207. The molecule has 0 bridgehead atoms. The number of nitrogens with zero attached hydrogens (tertiary/aromatic N) is 3. The Morgan fingerprint density at radius 3 is 1.83 bits per heavy atom. The lowest BCUT2D eigenvalue weighted by molar-refractivity contribution is -0.203. The summed E-state index contributed by atoms with van der Waals surface area (Å²) in [5.74, 6) is -0.574. The first kappa shape index (κ1) is 49.7. The number of carbonyl (C=O) groups is 2. The zero-order valence-corrected chi connectivity index (χ0v) is 33.6. The second-order valence-electron chi connectivity index (χ2n) is 17.3. The van der Waals surface area contributed by atoms with Gasteiger partial charge in [-0.1, -0.05) is 55.5 Å². The van der Waals surface area contributed by atoms with Crippen molar-refractivity contribution >= 4 is 20.5 Å². The molecule has 0 radical (unpaired) electrons. The maximum absolute atomic E-state index is 13.0. The number of carbonyl (C=O) groups excluding carboxylic acids is 2. The molecule has 2 aliphatic carbocycles. The molecule has 0 saturated heterocycles. The molecule has 11 nitrogen and oxygen atoms in total. The first-order chi connectivity index (χ1) is 23.0. The van der Waals surface area contributed by atoms with Crippen LogP contribution in [0.15, 0.2) is 42.0 Å². The SMILES string of the molecule is C.C.C=CC(O[Si](C)(C)C(C)(C)C)C1(C)CC1.CC(C)(C)OC(=O)n1ccc(=O)[nH]1.CC(COc1ccn(C(=O)OC(C)(C)C)n1)C1(C(F)(F)F)CC1. The second-order valence-corrected chi connectivity index (χ2v) is 22.0. The van der Waals surface area contributed by atoms with Crippen molar-refractivity contribution in [3.63, 3.8) is 0 Å². The van der Waals surface area contributed by atoms with Gasteiger partial charge in [-0.15, -0.1) is 11.7 Å². The largest absolute Gasteiger partial charge is 0.476 e. The molecule has 0 amide bonds. The summed E-state index contributed by atoms with van der Waals surface area (Å²) >= 11 is 0. The molecule has 2 atom stereocenters. The lowest BCUT2D eigenvalue weighted by atomic mass is 9.91. The Labute approximate surface area is 316 Å². The summed E-state index contributed by atoms with van der Waals surface area (Å²) in [4.78, 5) is 33.7. The molecule has 2 fully saturated rings. The van der Waals surface area contributed by atoms with Gasteiger partial charge in [0.25, 0.3) is 5.56 Å². The van der Waals surface area contributed by atoms with Gasteiger partial charge in [-0.2, -0.15) is 22.5 Å². The van der Waals surface area contributed by atoms with Crippen LogP contribution in [0.3, 0.4) is 0 Å². The molecule has 2 aliphatic rings. The monoisotopic (exact) mass is 776 g/mol. The van der Waals surface area contributed by atoms with Crippen LogP contribution in [-0.2, 0) is 13.9 Å². The molecule has 2 heterocycles. The van der Waals surface area contributed by atoms with Crippen molar-refractivity contribution in [3.8, 4) is 5.88 Å². The van der Waals surface area contributed by atoms with Gasteiger partial charge in [0, 0.05) is 30.4 Å². The first-order valence-electron chi connectivity index (χ1n) is 17.3. The smallest absolute Gasteiger partial charge is 0.435 e. The van der Waals surface area contributed by atoms with Crippen molar-refractivity contribution in [2.45, 2.75) is 158 Å². The maximum atomic E-state index is 13.0. The van der Waals surface area contributed by atoms with Gasteiger partial charge < -0.3 is 18.6 Å². The molecular weight excluding hydrogens is 710 g/mol. The standard InChI is InChI=1S/C15H21F3N2O3.C13H26OSi.C8H12N2O3.2CH4/c1-10(14(6-7-14)15(16,17)18)9-22-11-5-8-20(19-11)12(21)23-13(2,3)4;1-8-11(13(5)9-10-13)14-15(6,7)12(2,3)4;1-8(2,3)13-7(12)10-5-4-6(11)9-10;;/h5,8,10H,6-7,9H2,1-4H3;8,11H,1,9-10H2,2-7H3;4-5H,1-3H3,(H,9,11);2*1H4. The molecule has 2 unspecified atom stereocenters. The van der Waals surface area contributed by atoms with E-state index in [2.05, 4.69) is 57.6 Å². The summed E-state index contributed by atoms with van der Waals surface area (Å²) in [6.07, 6.45) is 2.32. The summed E-state index contributed by atoms with van der Waals surface area (Å²) in [6, 6.07) is 2.67. The van der Waals surface area contributed by atoms with Gasteiger partial charge in [-0.05, 0) is 90.8 Å². The lowest BCUT2D eigenvalue weighted by Gasteiger charge is -2.40. The van der Waals surface area contributed by atoms with E-state index in [1.807, 2.05) is 6.08 Å². The average molecular weight is 777 g/mol.